The number of carbonyl (C=O) groups excluding carboxylic acids is 1. The summed E-state index contributed by atoms with van der Waals surface area (Å²) in [7, 11) is 0. The average molecular weight is 362 g/mol. The van der Waals surface area contributed by atoms with Crippen molar-refractivity contribution in [3.8, 4) is 11.3 Å². The van der Waals surface area contributed by atoms with Crippen LogP contribution in [0.5, 0.6) is 0 Å². The van der Waals surface area contributed by atoms with E-state index in [1.807, 2.05) is 18.3 Å². The number of aromatic nitrogens is 3. The van der Waals surface area contributed by atoms with E-state index in [1.165, 1.54) is 0 Å². The fraction of sp³-hybridized carbons (Fsp3) is 0.200. The molecule has 138 valence electrons. The Labute approximate surface area is 157 Å². The van der Waals surface area contributed by atoms with E-state index in [0.29, 0.717) is 22.6 Å². The van der Waals surface area contributed by atoms with Gasteiger partial charge in [-0.15, -0.1) is 0 Å². The average Bonchev–Trinajstić information content (AvgIpc) is 3.10. The predicted molar refractivity (Wildman–Crippen MR) is 108 cm³/mol. The molecule has 3 heterocycles. The molecule has 0 atom stereocenters. The third-order valence-electron chi connectivity index (χ3n) is 4.44. The molecule has 0 radical (unpaired) electrons. The maximum atomic E-state index is 12.2. The molecular formula is C20H22N6O. The minimum atomic E-state index is -0.519. The first-order chi connectivity index (χ1) is 12.9. The van der Waals surface area contributed by atoms with E-state index in [2.05, 4.69) is 33.3 Å². The molecule has 1 amide bonds. The van der Waals surface area contributed by atoms with E-state index >= 15 is 0 Å². The fourth-order valence-corrected chi connectivity index (χ4v) is 2.63. The number of allylic oxidation sites excluding steroid dienone is 1. The number of carbonyl (C=O) groups is 1. The summed E-state index contributed by atoms with van der Waals surface area (Å²) in [6, 6.07) is 5.87. The predicted octanol–water partition coefficient (Wildman–Crippen LogP) is 3.40. The smallest absolute Gasteiger partial charge is 0.273 e. The Hall–Kier alpha value is -3.48. The van der Waals surface area contributed by atoms with Gasteiger partial charge in [-0.2, -0.15) is 0 Å². The molecule has 3 aromatic rings. The number of nitrogens with zero attached hydrogens (tertiary/aromatic N) is 2. The standard InChI is InChI=1S/C20H22N6O/c1-4-13-5-15(9-23-8-13)17-7-14-6-16(10-24-19(14)26-17)25-20(27)18(22)11(2)12(3)21/h5-10,22H,4,21H2,1-3H3,(H,24,26)(H,25,27)/b12-11-,22-18?. The molecular weight excluding hydrogens is 340 g/mol. The van der Waals surface area contributed by atoms with Crippen LogP contribution < -0.4 is 11.1 Å². The highest BCUT2D eigenvalue weighted by Crippen LogP contribution is 2.25. The molecule has 0 saturated carbocycles. The zero-order valence-corrected chi connectivity index (χ0v) is 15.6. The number of nitrogens with two attached hydrogens (primary N) is 1. The first-order valence-electron chi connectivity index (χ1n) is 8.65. The van der Waals surface area contributed by atoms with Gasteiger partial charge in [0, 0.05) is 34.7 Å². The summed E-state index contributed by atoms with van der Waals surface area (Å²) in [6.45, 7) is 5.40. The molecule has 0 unspecified atom stereocenters. The highest BCUT2D eigenvalue weighted by molar-refractivity contribution is 6.47. The van der Waals surface area contributed by atoms with Gasteiger partial charge < -0.3 is 16.0 Å². The van der Waals surface area contributed by atoms with Gasteiger partial charge in [0.1, 0.15) is 11.4 Å². The molecule has 7 heteroatoms. The number of hydrogen-bond acceptors (Lipinski definition) is 5. The summed E-state index contributed by atoms with van der Waals surface area (Å²) in [5, 5.41) is 11.5. The second-order valence-corrected chi connectivity index (χ2v) is 6.42. The number of amides is 1. The van der Waals surface area contributed by atoms with Gasteiger partial charge in [0.2, 0.25) is 0 Å². The quantitative estimate of drug-likeness (QED) is 0.520. The molecule has 7 nitrogen and oxygen atoms in total. The van der Waals surface area contributed by atoms with Crippen molar-refractivity contribution in [2.24, 2.45) is 5.73 Å². The summed E-state index contributed by atoms with van der Waals surface area (Å²) in [6.07, 6.45) is 6.13. The normalized spacial score (nSPS) is 12.0. The molecule has 0 bridgehead atoms. The van der Waals surface area contributed by atoms with Crippen molar-refractivity contribution < 1.29 is 4.79 Å². The van der Waals surface area contributed by atoms with Gasteiger partial charge in [-0.1, -0.05) is 6.92 Å². The van der Waals surface area contributed by atoms with Gasteiger partial charge in [0.05, 0.1) is 11.9 Å². The lowest BCUT2D eigenvalue weighted by Crippen LogP contribution is -2.24. The van der Waals surface area contributed by atoms with Crippen LogP contribution >= 0.6 is 0 Å². The van der Waals surface area contributed by atoms with Crippen LogP contribution in [-0.2, 0) is 11.2 Å². The molecule has 27 heavy (non-hydrogen) atoms. The van der Waals surface area contributed by atoms with Crippen LogP contribution in [0.1, 0.15) is 26.3 Å². The van der Waals surface area contributed by atoms with Crippen LogP contribution in [-0.4, -0.2) is 26.6 Å². The van der Waals surface area contributed by atoms with Gasteiger partial charge in [-0.3, -0.25) is 15.2 Å². The minimum absolute atomic E-state index is 0.160. The molecule has 0 saturated heterocycles. The van der Waals surface area contributed by atoms with Crippen LogP contribution in [0.15, 0.2) is 48.1 Å². The first-order valence-corrected chi connectivity index (χ1v) is 8.65. The Morgan fingerprint density at radius 1 is 1.22 bits per heavy atom. The fourth-order valence-electron chi connectivity index (χ4n) is 2.63. The molecule has 0 aliphatic heterocycles. The zero-order valence-electron chi connectivity index (χ0n) is 15.6. The van der Waals surface area contributed by atoms with E-state index in [0.717, 1.165) is 28.6 Å². The number of nitrogens with one attached hydrogen (secondary N) is 3. The Balaban J connectivity index is 1.87. The van der Waals surface area contributed by atoms with Crippen LogP contribution in [0.4, 0.5) is 5.69 Å². The third-order valence-corrected chi connectivity index (χ3v) is 4.44. The molecule has 0 fully saturated rings. The lowest BCUT2D eigenvalue weighted by atomic mass is 10.1. The maximum Gasteiger partial charge on any atom is 0.273 e. The lowest BCUT2D eigenvalue weighted by Gasteiger charge is -2.07. The van der Waals surface area contributed by atoms with Crippen LogP contribution in [0, 0.1) is 5.41 Å². The van der Waals surface area contributed by atoms with Gasteiger partial charge in [-0.05, 0) is 49.6 Å². The number of pyridine rings is 2. The summed E-state index contributed by atoms with van der Waals surface area (Å²) < 4.78 is 0. The molecule has 0 aliphatic carbocycles. The number of hydrogen-bond donors (Lipinski definition) is 4. The van der Waals surface area contributed by atoms with Crippen molar-refractivity contribution in [1.82, 2.24) is 15.0 Å². The van der Waals surface area contributed by atoms with E-state index in [-0.39, 0.29) is 5.71 Å². The minimum Gasteiger partial charge on any atom is -0.402 e. The number of H-pyrrole nitrogens is 1. The van der Waals surface area contributed by atoms with E-state index in [9.17, 15) is 4.79 Å². The van der Waals surface area contributed by atoms with Gasteiger partial charge >= 0.3 is 0 Å². The molecule has 0 aromatic carbocycles. The maximum absolute atomic E-state index is 12.2. The number of rotatable bonds is 5. The Morgan fingerprint density at radius 2 is 2.00 bits per heavy atom. The van der Waals surface area contributed by atoms with Gasteiger partial charge in [0.15, 0.2) is 0 Å². The van der Waals surface area contributed by atoms with Crippen LogP contribution in [0.3, 0.4) is 0 Å². The molecule has 3 aromatic heterocycles. The van der Waals surface area contributed by atoms with Crippen molar-refractivity contribution in [1.29, 1.82) is 5.41 Å². The molecule has 5 N–H and O–H groups in total. The van der Waals surface area contributed by atoms with Crippen LogP contribution in [0.2, 0.25) is 0 Å². The van der Waals surface area contributed by atoms with Crippen molar-refractivity contribution in [3.63, 3.8) is 0 Å². The van der Waals surface area contributed by atoms with Gasteiger partial charge in [0.25, 0.3) is 5.91 Å². The SMILES string of the molecule is CCc1cncc(-c2cc3cc(NC(=O)C(=N)/C(C)=C(/C)N)cnc3[nH]2)c1. The van der Waals surface area contributed by atoms with Crippen molar-refractivity contribution in [2.75, 3.05) is 5.32 Å². The highest BCUT2D eigenvalue weighted by Gasteiger charge is 2.14. The van der Waals surface area contributed by atoms with Crippen molar-refractivity contribution in [3.05, 3.63) is 53.6 Å². The summed E-state index contributed by atoms with van der Waals surface area (Å²) >= 11 is 0. The lowest BCUT2D eigenvalue weighted by molar-refractivity contribution is -0.110. The largest absolute Gasteiger partial charge is 0.402 e. The van der Waals surface area contributed by atoms with Crippen molar-refractivity contribution >= 4 is 28.3 Å². The number of anilines is 1. The Kier molecular flexibility index (Phi) is 5.03. The summed E-state index contributed by atoms with van der Waals surface area (Å²) in [5.74, 6) is -0.519. The van der Waals surface area contributed by atoms with E-state index < -0.39 is 5.91 Å². The van der Waals surface area contributed by atoms with Crippen LogP contribution in [0.25, 0.3) is 22.3 Å². The highest BCUT2D eigenvalue weighted by atomic mass is 16.1. The van der Waals surface area contributed by atoms with Gasteiger partial charge in [-0.25, -0.2) is 4.98 Å². The first kappa shape index (κ1) is 18.3. The summed E-state index contributed by atoms with van der Waals surface area (Å²) in [4.78, 5) is 24.1. The number of aryl methyl sites for hydroxylation is 1. The monoisotopic (exact) mass is 362 g/mol. The van der Waals surface area contributed by atoms with E-state index in [4.69, 9.17) is 11.1 Å². The second-order valence-electron chi connectivity index (χ2n) is 6.42. The molecule has 3 rings (SSSR count). The third kappa shape index (κ3) is 3.87. The topological polar surface area (TPSA) is 121 Å². The van der Waals surface area contributed by atoms with Crippen molar-refractivity contribution in [2.45, 2.75) is 27.2 Å². The molecule has 0 aliphatic rings. The zero-order chi connectivity index (χ0) is 19.6. The summed E-state index contributed by atoms with van der Waals surface area (Å²) in [5.41, 5.74) is 10.7. The Bertz CT molecular complexity index is 1060. The second kappa shape index (κ2) is 7.41. The molecule has 0 spiro atoms. The number of aromatic amines is 1. The van der Waals surface area contributed by atoms with E-state index in [1.54, 1.807) is 26.2 Å². The number of fused-ring (bicyclic) bond motifs is 1. The Morgan fingerprint density at radius 3 is 2.70 bits per heavy atom.